The van der Waals surface area contributed by atoms with Crippen LogP contribution in [0, 0.1) is 0 Å². The first-order valence-corrected chi connectivity index (χ1v) is 37.1. The minimum Gasteiger partial charge on any atom is -0.466 e. The van der Waals surface area contributed by atoms with Gasteiger partial charge in [0, 0.05) is 44.2 Å². The molecule has 0 aliphatic rings. The fraction of sp³-hybridized carbons (Fsp3) is 0.808. The van der Waals surface area contributed by atoms with Crippen LogP contribution in [0.2, 0.25) is 0 Å². The Hall–Kier alpha value is -3.76. The normalized spacial score (nSPS) is 11.7. The molecule has 1 amide bonds. The first-order chi connectivity index (χ1) is 43.3. The van der Waals surface area contributed by atoms with Gasteiger partial charge in [0.1, 0.15) is 5.52 Å². The maximum absolute atomic E-state index is 13.3. The van der Waals surface area contributed by atoms with Crippen LogP contribution in [0.5, 0.6) is 0 Å². The van der Waals surface area contributed by atoms with Crippen LogP contribution >= 0.6 is 11.3 Å². The number of rotatable bonds is 63. The van der Waals surface area contributed by atoms with Crippen molar-refractivity contribution in [1.82, 2.24) is 19.8 Å². The Balaban J connectivity index is 1.39. The van der Waals surface area contributed by atoms with Gasteiger partial charge in [0.15, 0.2) is 5.82 Å². The van der Waals surface area contributed by atoms with E-state index < -0.39 is 0 Å². The van der Waals surface area contributed by atoms with Crippen LogP contribution < -0.4 is 5.32 Å². The van der Waals surface area contributed by atoms with Crippen LogP contribution in [0.3, 0.4) is 0 Å². The highest BCUT2D eigenvalue weighted by atomic mass is 32.1. The molecule has 15 heteroatoms. The molecule has 0 unspecified atom stereocenters. The molecule has 0 radical (unpaired) electrons. The van der Waals surface area contributed by atoms with Gasteiger partial charge in [-0.1, -0.05) is 206 Å². The number of nitrogens with zero attached hydrogens (tertiary/aromatic N) is 4. The number of unbranched alkanes of at least 4 members (excludes halogenated alkanes) is 29. The first-order valence-electron chi connectivity index (χ1n) is 36.3. The molecule has 0 spiro atoms. The summed E-state index contributed by atoms with van der Waals surface area (Å²) in [5.41, 5.74) is 1.67. The molecule has 0 saturated heterocycles. The minimum atomic E-state index is -0.0470. The lowest BCUT2D eigenvalue weighted by Crippen LogP contribution is -2.31. The van der Waals surface area contributed by atoms with Gasteiger partial charge >= 0.3 is 17.9 Å². The van der Waals surface area contributed by atoms with Crippen molar-refractivity contribution < 1.29 is 42.9 Å². The molecule has 2 aromatic heterocycles. The fourth-order valence-corrected chi connectivity index (χ4v) is 12.5. The van der Waals surface area contributed by atoms with Gasteiger partial charge in [0.25, 0.3) is 0 Å². The summed E-state index contributed by atoms with van der Waals surface area (Å²) >= 11 is 1.71. The second kappa shape index (κ2) is 56.0. The van der Waals surface area contributed by atoms with Crippen LogP contribution in [0.15, 0.2) is 24.3 Å². The Kier molecular flexibility index (Phi) is 50.0. The van der Waals surface area contributed by atoms with Crippen LogP contribution in [0.1, 0.15) is 296 Å². The second-order valence-corrected chi connectivity index (χ2v) is 25.9. The molecule has 88 heavy (non-hydrogen) atoms. The number of nitrogens with one attached hydrogen (secondary N) is 1. The monoisotopic (exact) mass is 1250 g/mol. The number of hydrogen-bond acceptors (Lipinski definition) is 14. The average Bonchev–Trinajstić information content (AvgIpc) is 3.51. The van der Waals surface area contributed by atoms with Gasteiger partial charge in [-0.05, 0) is 116 Å². The summed E-state index contributed by atoms with van der Waals surface area (Å²) in [5.74, 6) is 0.432. The highest BCUT2D eigenvalue weighted by molar-refractivity contribution is 7.19. The third-order valence-electron chi connectivity index (χ3n) is 16.7. The Labute approximate surface area is 539 Å². The number of hydrogen-bond donors (Lipinski definition) is 1. The summed E-state index contributed by atoms with van der Waals surface area (Å²) in [7, 11) is 0. The van der Waals surface area contributed by atoms with E-state index in [4.69, 9.17) is 33.7 Å². The number of esters is 3. The van der Waals surface area contributed by atoms with E-state index in [0.717, 1.165) is 207 Å². The zero-order valence-electron chi connectivity index (χ0n) is 56.6. The summed E-state index contributed by atoms with van der Waals surface area (Å²) in [6, 6.07) is 8.12. The van der Waals surface area contributed by atoms with E-state index in [9.17, 15) is 19.2 Å². The second-order valence-electron chi connectivity index (χ2n) is 24.8. The number of para-hydroxylation sites is 1. The Morgan fingerprint density at radius 3 is 1.20 bits per heavy atom. The van der Waals surface area contributed by atoms with Gasteiger partial charge in [-0.25, -0.2) is 9.97 Å². The SMILES string of the molecule is CCCCCCCOC(=O)CCCCCCCCN(CCCCCCCCC(=O)OCCCCCCC)CCOCCOCCN(CCCCCCCCC(=O)OCCCCCCC)CCCCCC(=O)Nc1nc2ccccc2c2sc(CCC)nc12. The predicted octanol–water partition coefficient (Wildman–Crippen LogP) is 18.7. The number of amides is 1. The van der Waals surface area contributed by atoms with E-state index in [1.165, 1.54) is 103 Å². The van der Waals surface area contributed by atoms with Gasteiger partial charge in [-0.15, -0.1) is 11.3 Å². The van der Waals surface area contributed by atoms with Crippen molar-refractivity contribution in [2.45, 2.75) is 297 Å². The summed E-state index contributed by atoms with van der Waals surface area (Å²) < 4.78 is 29.9. The zero-order chi connectivity index (χ0) is 63.0. The molecule has 1 N–H and O–H groups in total. The summed E-state index contributed by atoms with van der Waals surface area (Å²) in [6.45, 7) is 18.9. The Morgan fingerprint density at radius 1 is 0.398 bits per heavy atom. The third-order valence-corrected chi connectivity index (χ3v) is 17.8. The number of thiazole rings is 1. The summed E-state index contributed by atoms with van der Waals surface area (Å²) in [5, 5.41) is 5.29. The molecule has 0 fully saturated rings. The lowest BCUT2D eigenvalue weighted by molar-refractivity contribution is -0.144. The Bertz CT molecular complexity index is 2130. The lowest BCUT2D eigenvalue weighted by Gasteiger charge is -2.23. The van der Waals surface area contributed by atoms with Crippen LogP contribution in [-0.4, -0.2) is 129 Å². The lowest BCUT2D eigenvalue weighted by atomic mass is 10.1. The summed E-state index contributed by atoms with van der Waals surface area (Å²) in [4.78, 5) is 64.8. The molecule has 504 valence electrons. The van der Waals surface area contributed by atoms with Gasteiger partial charge in [-0.3, -0.25) is 19.2 Å². The van der Waals surface area contributed by atoms with E-state index in [0.29, 0.717) is 77.7 Å². The fourth-order valence-electron chi connectivity index (χ4n) is 11.3. The average molecular weight is 1250 g/mol. The number of fused-ring (bicyclic) bond motifs is 3. The number of aromatic nitrogens is 2. The molecule has 14 nitrogen and oxygen atoms in total. The van der Waals surface area contributed by atoms with Crippen LogP contribution in [-0.2, 0) is 49.3 Å². The molecule has 2 heterocycles. The van der Waals surface area contributed by atoms with Crippen LogP contribution in [0.25, 0.3) is 21.1 Å². The molecule has 0 bridgehead atoms. The van der Waals surface area contributed by atoms with Crippen molar-refractivity contribution in [3.05, 3.63) is 29.3 Å². The van der Waals surface area contributed by atoms with Crippen molar-refractivity contribution in [2.24, 2.45) is 0 Å². The standard InChI is InChI=1S/C73H127N5O9S/c1-5-9-12-27-41-57-85-68(80)48-32-21-15-18-24-37-51-77(52-38-25-19-16-22-33-49-69(81)86-58-42-28-13-10-6-2)55-60-83-62-63-84-61-56-78(53-39-26-20-17-23-34-50-70(82)87-59-43-29-14-11-7-3)54-40-30-31-47-66(79)75-73-71-72(88-67(76-71)44-8-4)64-45-35-36-46-65(64)74-73/h35-36,45-46H,5-34,37-44,47-63H2,1-4H3,(H,74,75,79). The van der Waals surface area contributed by atoms with Crippen molar-refractivity contribution in [3.63, 3.8) is 0 Å². The molecule has 0 aliphatic carbocycles. The van der Waals surface area contributed by atoms with Gasteiger partial charge in [0.05, 0.1) is 61.5 Å². The Morgan fingerprint density at radius 2 is 0.773 bits per heavy atom. The van der Waals surface area contributed by atoms with Gasteiger partial charge < -0.3 is 38.8 Å². The number of carbonyl (C=O) groups is 4. The van der Waals surface area contributed by atoms with Crippen molar-refractivity contribution in [1.29, 1.82) is 0 Å². The number of anilines is 1. The topological polar surface area (TPSA) is 159 Å². The molecule has 0 aliphatic heterocycles. The van der Waals surface area contributed by atoms with E-state index in [2.05, 4.69) is 48.9 Å². The highest BCUT2D eigenvalue weighted by Crippen LogP contribution is 2.34. The third kappa shape index (κ3) is 41.6. The number of ether oxygens (including phenoxy) is 5. The zero-order valence-corrected chi connectivity index (χ0v) is 57.4. The molecule has 0 saturated carbocycles. The first kappa shape index (κ1) is 78.5. The molecule has 1 aromatic carbocycles. The predicted molar refractivity (Wildman–Crippen MR) is 367 cm³/mol. The maximum atomic E-state index is 13.3. The maximum Gasteiger partial charge on any atom is 0.305 e. The number of carbonyl (C=O) groups excluding carboxylic acids is 4. The molecular weight excluding hydrogens is 1120 g/mol. The van der Waals surface area contributed by atoms with E-state index in [1.54, 1.807) is 11.3 Å². The molecule has 0 atom stereocenters. The molecule has 3 aromatic rings. The van der Waals surface area contributed by atoms with Crippen molar-refractivity contribution in [2.75, 3.05) is 90.8 Å². The van der Waals surface area contributed by atoms with Gasteiger partial charge in [0.2, 0.25) is 5.91 Å². The van der Waals surface area contributed by atoms with Crippen LogP contribution in [0.4, 0.5) is 5.82 Å². The molecule has 3 rings (SSSR count). The van der Waals surface area contributed by atoms with Crippen molar-refractivity contribution >= 4 is 62.1 Å². The quantitative estimate of drug-likeness (QED) is 0.0324. The van der Waals surface area contributed by atoms with E-state index in [-0.39, 0.29) is 23.8 Å². The number of benzene rings is 1. The summed E-state index contributed by atoms with van der Waals surface area (Å²) in [6.07, 6.45) is 44.2. The van der Waals surface area contributed by atoms with Crippen molar-refractivity contribution in [3.8, 4) is 0 Å². The number of aryl methyl sites for hydroxylation is 1. The highest BCUT2D eigenvalue weighted by Gasteiger charge is 2.17. The largest absolute Gasteiger partial charge is 0.466 e. The van der Waals surface area contributed by atoms with E-state index in [1.807, 2.05) is 18.2 Å². The number of pyridine rings is 1. The minimum absolute atomic E-state index is 0.0135. The van der Waals surface area contributed by atoms with E-state index >= 15 is 0 Å². The smallest absolute Gasteiger partial charge is 0.305 e. The molecular formula is C73H127N5O9S. The van der Waals surface area contributed by atoms with Gasteiger partial charge in [-0.2, -0.15) is 0 Å².